The van der Waals surface area contributed by atoms with Crippen molar-refractivity contribution in [3.63, 3.8) is 0 Å². The van der Waals surface area contributed by atoms with Gasteiger partial charge >= 0.3 is 0 Å². The van der Waals surface area contributed by atoms with Crippen molar-refractivity contribution in [2.45, 2.75) is 26.4 Å². The van der Waals surface area contributed by atoms with Crippen LogP contribution in [0.4, 0.5) is 4.39 Å². The predicted molar refractivity (Wildman–Crippen MR) is 77.5 cm³/mol. The molecular weight excluding hydrogens is 255 g/mol. The first-order valence-corrected chi connectivity index (χ1v) is 6.59. The Kier molecular flexibility index (Phi) is 4.40. The summed E-state index contributed by atoms with van der Waals surface area (Å²) in [6.07, 6.45) is -0.141. The maximum absolute atomic E-state index is 12.9. The number of aliphatic hydroxyl groups is 1. The van der Waals surface area contributed by atoms with E-state index in [9.17, 15) is 9.50 Å². The van der Waals surface area contributed by atoms with Gasteiger partial charge in [-0.1, -0.05) is 12.1 Å². The van der Waals surface area contributed by atoms with Crippen LogP contribution in [0.25, 0.3) is 0 Å². The molecular formula is C17H19FO2. The zero-order valence-corrected chi connectivity index (χ0v) is 12.0. The molecule has 20 heavy (non-hydrogen) atoms. The third kappa shape index (κ3) is 3.17. The van der Waals surface area contributed by atoms with Gasteiger partial charge in [0.2, 0.25) is 0 Å². The van der Waals surface area contributed by atoms with Crippen LogP contribution in [0.3, 0.4) is 0 Å². The van der Waals surface area contributed by atoms with Gasteiger partial charge in [0.1, 0.15) is 11.6 Å². The van der Waals surface area contributed by atoms with Gasteiger partial charge < -0.3 is 9.84 Å². The molecule has 0 heterocycles. The molecule has 2 aromatic carbocycles. The number of aryl methyl sites for hydroxylation is 2. The number of aliphatic hydroxyl groups excluding tert-OH is 1. The Morgan fingerprint density at radius 2 is 1.75 bits per heavy atom. The minimum absolute atomic E-state index is 0.264. The molecule has 0 saturated carbocycles. The van der Waals surface area contributed by atoms with Gasteiger partial charge in [-0.3, -0.25) is 0 Å². The van der Waals surface area contributed by atoms with E-state index >= 15 is 0 Å². The highest BCUT2D eigenvalue weighted by Gasteiger charge is 2.14. The number of hydrogen-bond donors (Lipinski definition) is 1. The van der Waals surface area contributed by atoms with Crippen LogP contribution >= 0.6 is 0 Å². The summed E-state index contributed by atoms with van der Waals surface area (Å²) in [6, 6.07) is 10.1. The quantitative estimate of drug-likeness (QED) is 0.920. The lowest BCUT2D eigenvalue weighted by Crippen LogP contribution is -2.05. The largest absolute Gasteiger partial charge is 0.496 e. The lowest BCUT2D eigenvalue weighted by atomic mass is 9.95. The number of halogens is 1. The fourth-order valence-electron chi connectivity index (χ4n) is 2.34. The molecule has 0 radical (unpaired) electrons. The van der Waals surface area contributed by atoms with Crippen molar-refractivity contribution in [2.24, 2.45) is 0 Å². The van der Waals surface area contributed by atoms with Crippen LogP contribution in [0.2, 0.25) is 0 Å². The Morgan fingerprint density at radius 1 is 1.10 bits per heavy atom. The molecule has 0 bridgehead atoms. The minimum Gasteiger partial charge on any atom is -0.496 e. The minimum atomic E-state index is -0.606. The summed E-state index contributed by atoms with van der Waals surface area (Å²) < 4.78 is 18.1. The molecule has 2 rings (SSSR count). The Morgan fingerprint density at radius 3 is 2.35 bits per heavy atom. The Balaban J connectivity index is 2.22. The van der Waals surface area contributed by atoms with Crippen molar-refractivity contribution in [3.05, 3.63) is 64.5 Å². The molecule has 0 spiro atoms. The van der Waals surface area contributed by atoms with E-state index in [0.29, 0.717) is 6.42 Å². The van der Waals surface area contributed by atoms with Crippen molar-refractivity contribution in [1.82, 2.24) is 0 Å². The Labute approximate surface area is 118 Å². The van der Waals surface area contributed by atoms with Crippen molar-refractivity contribution >= 4 is 0 Å². The molecule has 0 aromatic heterocycles. The van der Waals surface area contributed by atoms with Gasteiger partial charge in [0.25, 0.3) is 0 Å². The Bertz CT molecular complexity index is 591. The molecule has 0 aliphatic rings. The first-order valence-electron chi connectivity index (χ1n) is 6.59. The highest BCUT2D eigenvalue weighted by atomic mass is 19.1. The third-order valence-corrected chi connectivity index (χ3v) is 3.48. The standard InChI is InChI=1S/C17H19FO2/c1-11-9-17(20-3)12(2)8-15(11)16(19)10-13-4-6-14(18)7-5-13/h4-9,16,19H,10H2,1-3H3. The van der Waals surface area contributed by atoms with E-state index in [1.807, 2.05) is 26.0 Å². The highest BCUT2D eigenvalue weighted by molar-refractivity contribution is 5.42. The van der Waals surface area contributed by atoms with Gasteiger partial charge in [0.05, 0.1) is 13.2 Å². The van der Waals surface area contributed by atoms with Crippen LogP contribution in [0.5, 0.6) is 5.75 Å². The second kappa shape index (κ2) is 6.06. The summed E-state index contributed by atoms with van der Waals surface area (Å²) in [4.78, 5) is 0. The first-order chi connectivity index (χ1) is 9.51. The fraction of sp³-hybridized carbons (Fsp3) is 0.294. The molecule has 106 valence electrons. The maximum Gasteiger partial charge on any atom is 0.123 e. The molecule has 1 unspecified atom stereocenters. The highest BCUT2D eigenvalue weighted by Crippen LogP contribution is 2.28. The van der Waals surface area contributed by atoms with Crippen LogP contribution in [0.1, 0.15) is 28.4 Å². The zero-order valence-electron chi connectivity index (χ0n) is 12.0. The second-order valence-corrected chi connectivity index (χ2v) is 5.02. The van der Waals surface area contributed by atoms with Gasteiger partial charge in [-0.2, -0.15) is 0 Å². The van der Waals surface area contributed by atoms with Gasteiger partial charge in [-0.15, -0.1) is 0 Å². The molecule has 2 aromatic rings. The lowest BCUT2D eigenvalue weighted by molar-refractivity contribution is 0.177. The van der Waals surface area contributed by atoms with E-state index in [-0.39, 0.29) is 5.82 Å². The molecule has 0 aliphatic heterocycles. The van der Waals surface area contributed by atoms with E-state index in [1.165, 1.54) is 12.1 Å². The summed E-state index contributed by atoms with van der Waals surface area (Å²) in [7, 11) is 1.64. The zero-order chi connectivity index (χ0) is 14.7. The fourth-order valence-corrected chi connectivity index (χ4v) is 2.34. The van der Waals surface area contributed by atoms with Crippen LogP contribution in [0, 0.1) is 19.7 Å². The number of rotatable bonds is 4. The number of methoxy groups -OCH3 is 1. The topological polar surface area (TPSA) is 29.5 Å². The van der Waals surface area contributed by atoms with E-state index in [2.05, 4.69) is 0 Å². The van der Waals surface area contributed by atoms with Gasteiger partial charge in [0.15, 0.2) is 0 Å². The smallest absolute Gasteiger partial charge is 0.123 e. The Hall–Kier alpha value is -1.87. The normalized spacial score (nSPS) is 12.2. The molecule has 0 fully saturated rings. The van der Waals surface area contributed by atoms with Crippen LogP contribution in [0.15, 0.2) is 36.4 Å². The SMILES string of the molecule is COc1cc(C)c(C(O)Cc2ccc(F)cc2)cc1C. The summed E-state index contributed by atoms with van der Waals surface area (Å²) in [5.41, 5.74) is 3.77. The molecule has 3 heteroatoms. The van der Waals surface area contributed by atoms with Gasteiger partial charge in [-0.05, 0) is 60.4 Å². The molecule has 2 nitrogen and oxygen atoms in total. The van der Waals surface area contributed by atoms with Crippen LogP contribution in [-0.2, 0) is 6.42 Å². The molecule has 1 atom stereocenters. The van der Waals surface area contributed by atoms with Crippen molar-refractivity contribution in [2.75, 3.05) is 7.11 Å². The lowest BCUT2D eigenvalue weighted by Gasteiger charge is -2.16. The average molecular weight is 274 g/mol. The van der Waals surface area contributed by atoms with Crippen molar-refractivity contribution < 1.29 is 14.2 Å². The molecule has 0 aliphatic carbocycles. The van der Waals surface area contributed by atoms with Crippen LogP contribution < -0.4 is 4.74 Å². The number of hydrogen-bond acceptors (Lipinski definition) is 2. The van der Waals surface area contributed by atoms with Crippen LogP contribution in [-0.4, -0.2) is 12.2 Å². The summed E-state index contributed by atoms with van der Waals surface area (Å²) in [6.45, 7) is 3.90. The predicted octanol–water partition coefficient (Wildman–Crippen LogP) is 3.73. The van der Waals surface area contributed by atoms with E-state index in [1.54, 1.807) is 19.2 Å². The molecule has 0 saturated heterocycles. The van der Waals surface area contributed by atoms with Crippen molar-refractivity contribution in [3.8, 4) is 5.75 Å². The van der Waals surface area contributed by atoms with Gasteiger partial charge in [0, 0.05) is 6.42 Å². The maximum atomic E-state index is 12.9. The average Bonchev–Trinajstić information content (AvgIpc) is 2.43. The second-order valence-electron chi connectivity index (χ2n) is 5.02. The molecule has 1 N–H and O–H groups in total. The number of ether oxygens (including phenoxy) is 1. The number of benzene rings is 2. The summed E-state index contributed by atoms with van der Waals surface area (Å²) >= 11 is 0. The van der Waals surface area contributed by atoms with Gasteiger partial charge in [-0.25, -0.2) is 4.39 Å². The monoisotopic (exact) mass is 274 g/mol. The molecule has 0 amide bonds. The van der Waals surface area contributed by atoms with E-state index < -0.39 is 6.10 Å². The third-order valence-electron chi connectivity index (χ3n) is 3.48. The van der Waals surface area contributed by atoms with E-state index in [0.717, 1.165) is 28.0 Å². The van der Waals surface area contributed by atoms with E-state index in [4.69, 9.17) is 4.74 Å². The summed E-state index contributed by atoms with van der Waals surface area (Å²) in [5.74, 6) is 0.556. The first kappa shape index (κ1) is 14.5. The summed E-state index contributed by atoms with van der Waals surface area (Å²) in [5, 5.41) is 10.4. The van der Waals surface area contributed by atoms with Crippen molar-refractivity contribution in [1.29, 1.82) is 0 Å².